The summed E-state index contributed by atoms with van der Waals surface area (Å²) >= 11 is 0. The first-order valence-corrected chi connectivity index (χ1v) is 17.2. The molecule has 0 heterocycles. The zero-order chi connectivity index (χ0) is 38.8. The highest BCUT2D eigenvalue weighted by Crippen LogP contribution is 2.32. The number of carbonyl (C=O) groups excluding carboxylic acids is 7. The predicted molar refractivity (Wildman–Crippen MR) is 187 cm³/mol. The van der Waals surface area contributed by atoms with Crippen LogP contribution < -0.4 is 14.2 Å². The number of esters is 3. The first-order valence-electron chi connectivity index (χ1n) is 17.2. The van der Waals surface area contributed by atoms with E-state index in [1.807, 2.05) is 0 Å². The smallest absolute Gasteiger partial charge is 0.462 e. The third kappa shape index (κ3) is 14.8. The molecular formula is C39H44O14. The Balaban J connectivity index is 1.32. The summed E-state index contributed by atoms with van der Waals surface area (Å²) in [6, 6.07) is 11.4. The molecule has 0 amide bonds. The van der Waals surface area contributed by atoms with Gasteiger partial charge in [-0.1, -0.05) is 13.2 Å². The van der Waals surface area contributed by atoms with Gasteiger partial charge in [0.1, 0.15) is 17.2 Å². The van der Waals surface area contributed by atoms with E-state index in [0.29, 0.717) is 62.5 Å². The number of ether oxygens (including phenoxy) is 7. The summed E-state index contributed by atoms with van der Waals surface area (Å²) in [5, 5.41) is 0. The van der Waals surface area contributed by atoms with Gasteiger partial charge in [-0.25, -0.2) is 19.2 Å². The number of hydrogen-bond acceptors (Lipinski definition) is 14. The third-order valence-corrected chi connectivity index (χ3v) is 7.90. The van der Waals surface area contributed by atoms with Crippen LogP contribution in [0.2, 0.25) is 0 Å². The van der Waals surface area contributed by atoms with Crippen LogP contribution in [0.4, 0.5) is 9.59 Å². The van der Waals surface area contributed by atoms with E-state index in [4.69, 9.17) is 33.2 Å². The van der Waals surface area contributed by atoms with Crippen LogP contribution in [-0.4, -0.2) is 68.2 Å². The average Bonchev–Trinajstić information content (AvgIpc) is 3.14. The molecule has 1 aliphatic carbocycles. The summed E-state index contributed by atoms with van der Waals surface area (Å²) < 4.78 is 35.6. The lowest BCUT2D eigenvalue weighted by atomic mass is 9.78. The van der Waals surface area contributed by atoms with Crippen LogP contribution in [-0.2, 0) is 38.1 Å². The Bertz CT molecular complexity index is 1630. The Morgan fingerprint density at radius 1 is 0.528 bits per heavy atom. The van der Waals surface area contributed by atoms with Crippen LogP contribution in [0.5, 0.6) is 17.2 Å². The molecule has 0 radical (unpaired) electrons. The second-order valence-corrected chi connectivity index (χ2v) is 12.3. The summed E-state index contributed by atoms with van der Waals surface area (Å²) in [4.78, 5) is 85.2. The lowest BCUT2D eigenvalue weighted by molar-refractivity contribution is -0.141. The summed E-state index contributed by atoms with van der Waals surface area (Å²) in [5.41, 5.74) is 0.747. The lowest BCUT2D eigenvalue weighted by Crippen LogP contribution is -2.31. The van der Waals surface area contributed by atoms with Crippen molar-refractivity contribution in [3.63, 3.8) is 0 Å². The Morgan fingerprint density at radius 2 is 0.887 bits per heavy atom. The van der Waals surface area contributed by atoms with Crippen LogP contribution in [0.1, 0.15) is 75.6 Å². The van der Waals surface area contributed by atoms with Crippen molar-refractivity contribution in [1.29, 1.82) is 0 Å². The molecule has 1 fully saturated rings. The average molecular weight is 737 g/mol. The van der Waals surface area contributed by atoms with Gasteiger partial charge in [0.2, 0.25) is 11.6 Å². The molecule has 1 saturated carbocycles. The number of benzene rings is 2. The van der Waals surface area contributed by atoms with Gasteiger partial charge in [-0.2, -0.15) is 0 Å². The van der Waals surface area contributed by atoms with Gasteiger partial charge in [0.15, 0.2) is 0 Å². The van der Waals surface area contributed by atoms with Crippen molar-refractivity contribution in [2.24, 2.45) is 11.8 Å². The topological polar surface area (TPSA) is 184 Å². The summed E-state index contributed by atoms with van der Waals surface area (Å²) in [7, 11) is 0. The monoisotopic (exact) mass is 736 g/mol. The number of ketones is 2. The van der Waals surface area contributed by atoms with Crippen molar-refractivity contribution >= 4 is 41.8 Å². The first-order chi connectivity index (χ1) is 25.3. The van der Waals surface area contributed by atoms with E-state index >= 15 is 0 Å². The Labute approximate surface area is 307 Å². The van der Waals surface area contributed by atoms with Gasteiger partial charge < -0.3 is 33.2 Å². The Hall–Kier alpha value is -5.79. The zero-order valence-electron chi connectivity index (χ0n) is 29.9. The minimum absolute atomic E-state index is 0.0547. The number of carbonyl (C=O) groups is 7. The van der Waals surface area contributed by atoms with Crippen molar-refractivity contribution in [3.8, 4) is 17.2 Å². The van der Waals surface area contributed by atoms with Crippen LogP contribution in [0.25, 0.3) is 0 Å². The van der Waals surface area contributed by atoms with Gasteiger partial charge >= 0.3 is 30.2 Å². The minimum Gasteiger partial charge on any atom is -0.462 e. The molecule has 0 aromatic heterocycles. The largest absolute Gasteiger partial charge is 0.513 e. The molecule has 14 heteroatoms. The zero-order valence-corrected chi connectivity index (χ0v) is 29.9. The molecule has 0 bridgehead atoms. The SMILES string of the molecule is C=C(C)C(=O)OCCCCOC(=O)Oc1ccc(OC(=O)[C@H]2CC[C@H](C(=O)C(=O)c3ccc(OC(=O)OCCCCOC(=O)C(=C)C)cc3)CC2)cc1. The molecule has 53 heavy (non-hydrogen) atoms. The molecule has 2 aromatic rings. The van der Waals surface area contributed by atoms with Crippen molar-refractivity contribution in [1.82, 2.24) is 0 Å². The fourth-order valence-electron chi connectivity index (χ4n) is 4.92. The van der Waals surface area contributed by atoms with Crippen LogP contribution >= 0.6 is 0 Å². The highest BCUT2D eigenvalue weighted by Gasteiger charge is 2.34. The molecule has 14 nitrogen and oxygen atoms in total. The maximum atomic E-state index is 13.0. The van der Waals surface area contributed by atoms with E-state index in [2.05, 4.69) is 13.2 Å². The molecular weight excluding hydrogens is 692 g/mol. The fraction of sp³-hybridized carbons (Fsp3) is 0.410. The minimum atomic E-state index is -0.941. The highest BCUT2D eigenvalue weighted by atomic mass is 16.7. The van der Waals surface area contributed by atoms with Gasteiger partial charge in [0, 0.05) is 22.6 Å². The molecule has 0 saturated heterocycles. The van der Waals surface area contributed by atoms with Crippen molar-refractivity contribution < 1.29 is 66.7 Å². The Morgan fingerprint density at radius 3 is 1.30 bits per heavy atom. The Kier molecular flexibility index (Phi) is 16.9. The maximum absolute atomic E-state index is 13.0. The van der Waals surface area contributed by atoms with E-state index in [9.17, 15) is 33.6 Å². The molecule has 3 rings (SSSR count). The van der Waals surface area contributed by atoms with Crippen molar-refractivity contribution in [2.75, 3.05) is 26.4 Å². The third-order valence-electron chi connectivity index (χ3n) is 7.90. The molecule has 0 atom stereocenters. The molecule has 284 valence electrons. The van der Waals surface area contributed by atoms with Crippen molar-refractivity contribution in [2.45, 2.75) is 65.2 Å². The van der Waals surface area contributed by atoms with Crippen LogP contribution in [0, 0.1) is 11.8 Å². The number of rotatable bonds is 19. The molecule has 0 unspecified atom stereocenters. The van der Waals surface area contributed by atoms with Gasteiger partial charge in [-0.3, -0.25) is 14.4 Å². The maximum Gasteiger partial charge on any atom is 0.513 e. The first kappa shape index (κ1) is 41.6. The molecule has 0 spiro atoms. The van der Waals surface area contributed by atoms with Gasteiger partial charge in [0.25, 0.3) is 0 Å². The van der Waals surface area contributed by atoms with E-state index in [-0.39, 0.29) is 49.2 Å². The lowest BCUT2D eigenvalue weighted by Gasteiger charge is -2.25. The van der Waals surface area contributed by atoms with E-state index in [1.165, 1.54) is 48.5 Å². The summed E-state index contributed by atoms with van der Waals surface area (Å²) in [6.07, 6.45) is 1.44. The number of hydrogen-bond donors (Lipinski definition) is 0. The van der Waals surface area contributed by atoms with Gasteiger partial charge in [-0.05, 0) is 114 Å². The fourth-order valence-corrected chi connectivity index (χ4v) is 4.92. The molecule has 0 N–H and O–H groups in total. The second kappa shape index (κ2) is 21.5. The molecule has 1 aliphatic rings. The van der Waals surface area contributed by atoms with Gasteiger partial charge in [-0.15, -0.1) is 0 Å². The number of unbranched alkanes of at least 4 members (excludes halogenated alkanes) is 2. The molecule has 0 aliphatic heterocycles. The quantitative estimate of drug-likeness (QED) is 0.0217. The van der Waals surface area contributed by atoms with E-state index in [0.717, 1.165) is 0 Å². The highest BCUT2D eigenvalue weighted by molar-refractivity contribution is 6.44. The predicted octanol–water partition coefficient (Wildman–Crippen LogP) is 6.68. The van der Waals surface area contributed by atoms with E-state index in [1.54, 1.807) is 13.8 Å². The van der Waals surface area contributed by atoms with Crippen LogP contribution in [0.3, 0.4) is 0 Å². The van der Waals surface area contributed by atoms with Gasteiger partial charge in [0.05, 0.1) is 32.3 Å². The second-order valence-electron chi connectivity index (χ2n) is 12.3. The summed E-state index contributed by atoms with van der Waals surface area (Å²) in [5.74, 6) is -3.11. The normalized spacial score (nSPS) is 14.8. The number of Topliss-reactive ketones (excluding diaryl/α,β-unsaturated/α-hetero) is 2. The van der Waals surface area contributed by atoms with Crippen LogP contribution in [0.15, 0.2) is 72.8 Å². The standard InChI is InChI=1S/C39H44O14/c1-25(2)35(42)47-21-5-7-23-49-38(45)52-31-15-13-28(14-16-31)34(41)33(40)27-9-11-29(12-10-27)37(44)51-30-17-19-32(20-18-30)53-39(46)50-24-8-6-22-48-36(43)26(3)4/h13-20,27,29H,1,3,5-12,21-24H2,2,4H3/t27-,29-. The van der Waals surface area contributed by atoms with Crippen molar-refractivity contribution in [3.05, 3.63) is 78.4 Å². The van der Waals surface area contributed by atoms with E-state index < -0.39 is 53.6 Å². The molecule has 2 aromatic carbocycles. The summed E-state index contributed by atoms with van der Waals surface area (Å²) in [6.45, 7) is 10.6.